The van der Waals surface area contributed by atoms with E-state index in [2.05, 4.69) is 53.4 Å². The second-order valence-electron chi connectivity index (χ2n) is 6.54. The molecule has 1 aliphatic heterocycles. The highest BCUT2D eigenvalue weighted by Gasteiger charge is 2.33. The zero-order chi connectivity index (χ0) is 16.3. The molecule has 0 aliphatic carbocycles. The van der Waals surface area contributed by atoms with E-state index < -0.39 is 0 Å². The first-order valence-electron chi connectivity index (χ1n) is 8.23. The van der Waals surface area contributed by atoms with Crippen molar-refractivity contribution in [2.75, 3.05) is 31.9 Å². The molecule has 0 amide bonds. The van der Waals surface area contributed by atoms with Crippen molar-refractivity contribution in [3.05, 3.63) is 36.0 Å². The number of aromatic amines is 1. The smallest absolute Gasteiger partial charge is 0.160 e. The molecule has 0 atom stereocenters. The van der Waals surface area contributed by atoms with Crippen molar-refractivity contribution in [3.63, 3.8) is 0 Å². The van der Waals surface area contributed by atoms with Crippen LogP contribution in [0.2, 0.25) is 0 Å². The number of Topliss-reactive ketones (excluding diaryl/α,β-unsaturated/α-hetero) is 1. The Kier molecular flexibility index (Phi) is 5.09. The SMILES string of the molecule is CC1(C)SCCN1CC(=O)CNCCc1c[nH]c2ccccc12. The largest absolute Gasteiger partial charge is 0.361 e. The molecule has 23 heavy (non-hydrogen) atoms. The van der Waals surface area contributed by atoms with E-state index in [0.717, 1.165) is 25.3 Å². The molecule has 1 saturated heterocycles. The molecular formula is C18H25N3OS. The monoisotopic (exact) mass is 331 g/mol. The number of H-pyrrole nitrogens is 1. The molecule has 1 aromatic heterocycles. The zero-order valence-corrected chi connectivity index (χ0v) is 14.7. The van der Waals surface area contributed by atoms with Crippen LogP contribution in [0, 0.1) is 0 Å². The van der Waals surface area contributed by atoms with Gasteiger partial charge in [0.15, 0.2) is 5.78 Å². The number of nitrogens with one attached hydrogen (secondary N) is 2. The highest BCUT2D eigenvalue weighted by atomic mass is 32.2. The van der Waals surface area contributed by atoms with Crippen molar-refractivity contribution in [3.8, 4) is 0 Å². The average Bonchev–Trinajstić information content (AvgIpc) is 3.08. The van der Waals surface area contributed by atoms with Crippen molar-refractivity contribution >= 4 is 28.4 Å². The number of ketones is 1. The topological polar surface area (TPSA) is 48.1 Å². The number of rotatable bonds is 7. The number of thioether (sulfide) groups is 1. The van der Waals surface area contributed by atoms with E-state index in [0.29, 0.717) is 13.1 Å². The summed E-state index contributed by atoms with van der Waals surface area (Å²) in [6, 6.07) is 8.33. The Morgan fingerprint density at radius 3 is 3.00 bits per heavy atom. The Morgan fingerprint density at radius 1 is 1.39 bits per heavy atom. The molecular weight excluding hydrogens is 306 g/mol. The molecule has 0 spiro atoms. The van der Waals surface area contributed by atoms with Crippen LogP contribution in [0.25, 0.3) is 10.9 Å². The lowest BCUT2D eigenvalue weighted by atomic mass is 10.1. The fourth-order valence-electron chi connectivity index (χ4n) is 3.09. The molecule has 2 heterocycles. The van der Waals surface area contributed by atoms with Gasteiger partial charge in [-0.3, -0.25) is 9.69 Å². The average molecular weight is 331 g/mol. The minimum atomic E-state index is 0.0969. The van der Waals surface area contributed by atoms with Crippen molar-refractivity contribution in [2.24, 2.45) is 0 Å². The fourth-order valence-corrected chi connectivity index (χ4v) is 4.24. The van der Waals surface area contributed by atoms with Crippen molar-refractivity contribution in [2.45, 2.75) is 25.1 Å². The molecule has 124 valence electrons. The van der Waals surface area contributed by atoms with Gasteiger partial charge in [0.25, 0.3) is 0 Å². The maximum atomic E-state index is 12.1. The minimum absolute atomic E-state index is 0.0969. The van der Waals surface area contributed by atoms with Crippen LogP contribution in [-0.4, -0.2) is 52.5 Å². The van der Waals surface area contributed by atoms with Gasteiger partial charge in [0.05, 0.1) is 18.0 Å². The second-order valence-corrected chi connectivity index (χ2v) is 8.24. The normalized spacial score (nSPS) is 17.8. The van der Waals surface area contributed by atoms with Crippen LogP contribution >= 0.6 is 11.8 Å². The Hall–Kier alpha value is -1.30. The molecule has 1 aliphatic rings. The summed E-state index contributed by atoms with van der Waals surface area (Å²) >= 11 is 1.93. The lowest BCUT2D eigenvalue weighted by Gasteiger charge is -2.29. The lowest BCUT2D eigenvalue weighted by molar-refractivity contribution is -0.119. The predicted octanol–water partition coefficient (Wildman–Crippen LogP) is 2.65. The number of aromatic nitrogens is 1. The molecule has 1 aromatic carbocycles. The van der Waals surface area contributed by atoms with Gasteiger partial charge in [-0.2, -0.15) is 0 Å². The Morgan fingerprint density at radius 2 is 2.22 bits per heavy atom. The Labute approximate surface area is 142 Å². The summed E-state index contributed by atoms with van der Waals surface area (Å²) in [6.07, 6.45) is 3.00. The van der Waals surface area contributed by atoms with E-state index in [1.54, 1.807) is 0 Å². The van der Waals surface area contributed by atoms with E-state index >= 15 is 0 Å². The molecule has 0 bridgehead atoms. The Bertz CT molecular complexity index is 680. The molecule has 2 aromatic rings. The number of fused-ring (bicyclic) bond motifs is 1. The third-order valence-electron chi connectivity index (χ3n) is 4.51. The molecule has 0 radical (unpaired) electrons. The number of nitrogens with zero attached hydrogens (tertiary/aromatic N) is 1. The number of carbonyl (C=O) groups excluding carboxylic acids is 1. The van der Waals surface area contributed by atoms with E-state index in [9.17, 15) is 4.79 Å². The van der Waals surface area contributed by atoms with Crippen LogP contribution in [0.1, 0.15) is 19.4 Å². The van der Waals surface area contributed by atoms with E-state index in [-0.39, 0.29) is 10.7 Å². The Balaban J connectivity index is 1.42. The van der Waals surface area contributed by atoms with Crippen LogP contribution in [-0.2, 0) is 11.2 Å². The summed E-state index contributed by atoms with van der Waals surface area (Å²) in [6.45, 7) is 7.24. The quantitative estimate of drug-likeness (QED) is 0.766. The summed E-state index contributed by atoms with van der Waals surface area (Å²) in [5.41, 5.74) is 2.48. The van der Waals surface area contributed by atoms with Gasteiger partial charge in [-0.25, -0.2) is 0 Å². The zero-order valence-electron chi connectivity index (χ0n) is 13.9. The first-order valence-corrected chi connectivity index (χ1v) is 9.21. The van der Waals surface area contributed by atoms with E-state index in [4.69, 9.17) is 0 Å². The van der Waals surface area contributed by atoms with E-state index in [1.165, 1.54) is 16.5 Å². The number of hydrogen-bond donors (Lipinski definition) is 2. The molecule has 5 heteroatoms. The van der Waals surface area contributed by atoms with Gasteiger partial charge in [0.2, 0.25) is 0 Å². The van der Waals surface area contributed by atoms with Crippen LogP contribution in [0.4, 0.5) is 0 Å². The maximum absolute atomic E-state index is 12.1. The number of para-hydroxylation sites is 1. The van der Waals surface area contributed by atoms with Crippen LogP contribution in [0.15, 0.2) is 30.5 Å². The van der Waals surface area contributed by atoms with Crippen molar-refractivity contribution in [1.29, 1.82) is 0 Å². The summed E-state index contributed by atoms with van der Waals surface area (Å²) in [5.74, 6) is 1.40. The van der Waals surface area contributed by atoms with Gasteiger partial charge >= 0.3 is 0 Å². The highest BCUT2D eigenvalue weighted by molar-refractivity contribution is 8.00. The summed E-state index contributed by atoms with van der Waals surface area (Å²) in [4.78, 5) is 17.8. The van der Waals surface area contributed by atoms with Crippen LogP contribution < -0.4 is 5.32 Å². The van der Waals surface area contributed by atoms with Gasteiger partial charge in [0, 0.05) is 29.4 Å². The minimum Gasteiger partial charge on any atom is -0.361 e. The van der Waals surface area contributed by atoms with Crippen LogP contribution in [0.5, 0.6) is 0 Å². The second kappa shape index (κ2) is 7.07. The fraction of sp³-hybridized carbons (Fsp3) is 0.500. The van der Waals surface area contributed by atoms with Gasteiger partial charge < -0.3 is 10.3 Å². The van der Waals surface area contributed by atoms with Crippen molar-refractivity contribution < 1.29 is 4.79 Å². The van der Waals surface area contributed by atoms with Gasteiger partial charge in [-0.05, 0) is 38.4 Å². The van der Waals surface area contributed by atoms with Gasteiger partial charge in [-0.1, -0.05) is 18.2 Å². The summed E-state index contributed by atoms with van der Waals surface area (Å²) in [7, 11) is 0. The first kappa shape index (κ1) is 16.6. The number of hydrogen-bond acceptors (Lipinski definition) is 4. The van der Waals surface area contributed by atoms with Crippen molar-refractivity contribution in [1.82, 2.24) is 15.2 Å². The number of carbonyl (C=O) groups is 1. The van der Waals surface area contributed by atoms with Crippen LogP contribution in [0.3, 0.4) is 0 Å². The third kappa shape index (κ3) is 3.97. The van der Waals surface area contributed by atoms with E-state index in [1.807, 2.05) is 17.8 Å². The predicted molar refractivity (Wildman–Crippen MR) is 98.0 cm³/mol. The first-order chi connectivity index (χ1) is 11.1. The number of benzene rings is 1. The van der Waals surface area contributed by atoms with Gasteiger partial charge in [0.1, 0.15) is 0 Å². The lowest BCUT2D eigenvalue weighted by Crippen LogP contribution is -2.42. The molecule has 0 saturated carbocycles. The summed E-state index contributed by atoms with van der Waals surface area (Å²) in [5, 5.41) is 4.57. The standard InChI is InChI=1S/C18H25N3OS/c1-18(2)21(9-10-23-18)13-15(22)12-19-8-7-14-11-20-17-6-4-3-5-16(14)17/h3-6,11,19-20H,7-10,12-13H2,1-2H3. The maximum Gasteiger partial charge on any atom is 0.160 e. The third-order valence-corrected chi connectivity index (χ3v) is 5.86. The molecule has 0 unspecified atom stereocenters. The highest BCUT2D eigenvalue weighted by Crippen LogP contribution is 2.34. The molecule has 2 N–H and O–H groups in total. The van der Waals surface area contributed by atoms with Gasteiger partial charge in [-0.15, -0.1) is 11.8 Å². The molecule has 4 nitrogen and oxygen atoms in total. The summed E-state index contributed by atoms with van der Waals surface area (Å²) < 4.78 is 0. The molecule has 3 rings (SSSR count). The molecule has 1 fully saturated rings.